The maximum atomic E-state index is 11.7. The fraction of sp³-hybridized carbons (Fsp3) is 0.857. The van der Waals surface area contributed by atoms with E-state index < -0.39 is 5.97 Å². The van der Waals surface area contributed by atoms with Crippen LogP contribution in [0, 0.1) is 0 Å². The molecule has 1 saturated carbocycles. The van der Waals surface area contributed by atoms with Crippen molar-refractivity contribution in [1.29, 1.82) is 0 Å². The van der Waals surface area contributed by atoms with E-state index >= 15 is 0 Å². The Labute approximate surface area is 119 Å². The number of hydrogen-bond donors (Lipinski definition) is 3. The van der Waals surface area contributed by atoms with E-state index in [1.54, 1.807) is 0 Å². The van der Waals surface area contributed by atoms with Crippen LogP contribution in [0.1, 0.15) is 44.9 Å². The van der Waals surface area contributed by atoms with Crippen LogP contribution in [0.4, 0.5) is 4.79 Å². The van der Waals surface area contributed by atoms with Crippen molar-refractivity contribution in [2.24, 2.45) is 0 Å². The van der Waals surface area contributed by atoms with E-state index in [4.69, 9.17) is 5.11 Å². The van der Waals surface area contributed by atoms with E-state index in [0.717, 1.165) is 38.4 Å². The summed E-state index contributed by atoms with van der Waals surface area (Å²) in [6.07, 6.45) is 6.24. The number of carbonyl (C=O) groups is 2. The van der Waals surface area contributed by atoms with Crippen LogP contribution in [0.25, 0.3) is 0 Å². The van der Waals surface area contributed by atoms with Crippen LogP contribution in [0.5, 0.6) is 0 Å². The van der Waals surface area contributed by atoms with Gasteiger partial charge in [0.05, 0.1) is 0 Å². The van der Waals surface area contributed by atoms with Gasteiger partial charge in [-0.25, -0.2) is 4.79 Å². The topological polar surface area (TPSA) is 81.7 Å². The predicted octanol–water partition coefficient (Wildman–Crippen LogP) is 1.17. The highest BCUT2D eigenvalue weighted by Crippen LogP contribution is 2.29. The molecule has 1 aliphatic carbocycles. The lowest BCUT2D eigenvalue weighted by Crippen LogP contribution is -2.43. The average Bonchev–Trinajstić information content (AvgIpc) is 3.14. The molecular weight excluding hydrogens is 258 g/mol. The summed E-state index contributed by atoms with van der Waals surface area (Å²) in [5.41, 5.74) is 0. The lowest BCUT2D eigenvalue weighted by atomic mass is 10.2. The second-order valence-corrected chi connectivity index (χ2v) is 5.82. The number of carboxylic acid groups (broad SMARTS) is 1. The number of urea groups is 1. The number of likely N-dealkylation sites (tertiary alicyclic amines) is 1. The van der Waals surface area contributed by atoms with Gasteiger partial charge in [-0.15, -0.1) is 0 Å². The van der Waals surface area contributed by atoms with Crippen molar-refractivity contribution in [3.05, 3.63) is 0 Å². The molecule has 6 nitrogen and oxygen atoms in total. The summed E-state index contributed by atoms with van der Waals surface area (Å²) >= 11 is 0. The highest BCUT2D eigenvalue weighted by atomic mass is 16.4. The minimum atomic E-state index is -0.753. The zero-order valence-electron chi connectivity index (χ0n) is 11.9. The van der Waals surface area contributed by atoms with Gasteiger partial charge < -0.3 is 15.7 Å². The Morgan fingerprint density at radius 3 is 2.65 bits per heavy atom. The quantitative estimate of drug-likeness (QED) is 0.584. The third kappa shape index (κ3) is 5.36. The Kier molecular flexibility index (Phi) is 5.64. The summed E-state index contributed by atoms with van der Waals surface area (Å²) in [6, 6.07) is 0.965. The van der Waals surface area contributed by atoms with E-state index in [1.807, 2.05) is 0 Å². The van der Waals surface area contributed by atoms with Crippen molar-refractivity contribution in [2.45, 2.75) is 57.0 Å². The molecule has 0 aromatic heterocycles. The van der Waals surface area contributed by atoms with Gasteiger partial charge in [-0.2, -0.15) is 0 Å². The molecule has 114 valence electrons. The summed E-state index contributed by atoms with van der Waals surface area (Å²) in [5.74, 6) is -0.753. The summed E-state index contributed by atoms with van der Waals surface area (Å²) in [4.78, 5) is 24.5. The van der Waals surface area contributed by atoms with Crippen LogP contribution >= 0.6 is 0 Å². The van der Waals surface area contributed by atoms with E-state index in [9.17, 15) is 9.59 Å². The minimum absolute atomic E-state index is 0.0918. The van der Waals surface area contributed by atoms with E-state index in [2.05, 4.69) is 15.5 Å². The molecule has 1 saturated heterocycles. The molecule has 1 atom stereocenters. The number of rotatable bonds is 8. The molecule has 1 aliphatic heterocycles. The van der Waals surface area contributed by atoms with Crippen LogP contribution in [0.2, 0.25) is 0 Å². The van der Waals surface area contributed by atoms with Crippen molar-refractivity contribution in [2.75, 3.05) is 19.6 Å². The van der Waals surface area contributed by atoms with Crippen molar-refractivity contribution in [3.63, 3.8) is 0 Å². The predicted molar refractivity (Wildman–Crippen MR) is 75.6 cm³/mol. The number of carboxylic acids is 1. The number of unbranched alkanes of at least 4 members (excludes halogenated alkanes) is 2. The Balaban J connectivity index is 1.47. The molecule has 1 unspecified atom stereocenters. The van der Waals surface area contributed by atoms with Crippen molar-refractivity contribution < 1.29 is 14.7 Å². The summed E-state index contributed by atoms with van der Waals surface area (Å²) in [5, 5.41) is 14.4. The number of carbonyl (C=O) groups excluding carboxylic acids is 1. The number of hydrogen-bond acceptors (Lipinski definition) is 3. The van der Waals surface area contributed by atoms with E-state index in [1.165, 1.54) is 12.8 Å². The molecule has 1 heterocycles. The van der Waals surface area contributed by atoms with Crippen molar-refractivity contribution in [3.8, 4) is 0 Å². The van der Waals surface area contributed by atoms with Gasteiger partial charge in [0.2, 0.25) is 0 Å². The molecule has 0 bridgehead atoms. The van der Waals surface area contributed by atoms with E-state index in [0.29, 0.717) is 13.0 Å². The molecule has 3 N–H and O–H groups in total. The van der Waals surface area contributed by atoms with Gasteiger partial charge in [-0.05, 0) is 32.1 Å². The standard InChI is InChI=1S/C14H25N3O3/c18-13(19)4-2-1-3-8-15-14(20)16-11-7-9-17(10-11)12-5-6-12/h11-12H,1-10H2,(H,18,19)(H2,15,16,20). The lowest BCUT2D eigenvalue weighted by molar-refractivity contribution is -0.137. The molecule has 0 aromatic carbocycles. The second-order valence-electron chi connectivity index (χ2n) is 5.82. The molecule has 2 aliphatic rings. The lowest BCUT2D eigenvalue weighted by Gasteiger charge is -2.16. The third-order valence-electron chi connectivity index (χ3n) is 3.97. The van der Waals surface area contributed by atoms with Gasteiger partial charge >= 0.3 is 12.0 Å². The number of aliphatic carboxylic acids is 1. The SMILES string of the molecule is O=C(O)CCCCCNC(=O)NC1CCN(C2CC2)C1. The number of nitrogens with one attached hydrogen (secondary N) is 2. The average molecular weight is 283 g/mol. The maximum Gasteiger partial charge on any atom is 0.315 e. The zero-order valence-corrected chi connectivity index (χ0v) is 11.9. The monoisotopic (exact) mass is 283 g/mol. The summed E-state index contributed by atoms with van der Waals surface area (Å²) < 4.78 is 0. The number of amides is 2. The van der Waals surface area contributed by atoms with Gasteiger partial charge in [0.1, 0.15) is 0 Å². The molecule has 20 heavy (non-hydrogen) atoms. The largest absolute Gasteiger partial charge is 0.481 e. The van der Waals surface area contributed by atoms with Gasteiger partial charge in [-0.1, -0.05) is 6.42 Å². The Morgan fingerprint density at radius 1 is 1.15 bits per heavy atom. The fourth-order valence-corrected chi connectivity index (χ4v) is 2.69. The first kappa shape index (κ1) is 15.1. The molecular formula is C14H25N3O3. The minimum Gasteiger partial charge on any atom is -0.481 e. The maximum absolute atomic E-state index is 11.7. The molecule has 2 rings (SSSR count). The Morgan fingerprint density at radius 2 is 1.95 bits per heavy atom. The molecule has 2 fully saturated rings. The highest BCUT2D eigenvalue weighted by Gasteiger charge is 2.34. The van der Waals surface area contributed by atoms with Gasteiger partial charge in [0.25, 0.3) is 0 Å². The summed E-state index contributed by atoms with van der Waals surface area (Å²) in [7, 11) is 0. The van der Waals surface area contributed by atoms with Crippen LogP contribution in [-0.2, 0) is 4.79 Å². The summed E-state index contributed by atoms with van der Waals surface area (Å²) in [6.45, 7) is 2.70. The van der Waals surface area contributed by atoms with Crippen molar-refractivity contribution >= 4 is 12.0 Å². The first-order valence-electron chi connectivity index (χ1n) is 7.65. The number of nitrogens with zero attached hydrogens (tertiary/aromatic N) is 1. The van der Waals surface area contributed by atoms with Crippen LogP contribution in [0.15, 0.2) is 0 Å². The van der Waals surface area contributed by atoms with Gasteiger partial charge in [-0.3, -0.25) is 9.69 Å². The third-order valence-corrected chi connectivity index (χ3v) is 3.97. The first-order valence-corrected chi connectivity index (χ1v) is 7.65. The molecule has 0 radical (unpaired) electrons. The van der Waals surface area contributed by atoms with Gasteiger partial charge in [0.15, 0.2) is 0 Å². The van der Waals surface area contributed by atoms with Gasteiger partial charge in [0, 0.05) is 38.1 Å². The van der Waals surface area contributed by atoms with E-state index in [-0.39, 0.29) is 18.5 Å². The van der Waals surface area contributed by atoms with Crippen LogP contribution in [0.3, 0.4) is 0 Å². The highest BCUT2D eigenvalue weighted by molar-refractivity contribution is 5.74. The normalized spacial score (nSPS) is 22.7. The molecule has 6 heteroatoms. The molecule has 2 amide bonds. The zero-order chi connectivity index (χ0) is 14.4. The van der Waals surface area contributed by atoms with Crippen LogP contribution < -0.4 is 10.6 Å². The Bertz CT molecular complexity index is 345. The van der Waals surface area contributed by atoms with Crippen molar-refractivity contribution in [1.82, 2.24) is 15.5 Å². The molecule has 0 aromatic rings. The first-order chi connectivity index (χ1) is 9.65. The van der Waals surface area contributed by atoms with Crippen LogP contribution in [-0.4, -0.2) is 53.7 Å². The smallest absolute Gasteiger partial charge is 0.315 e. The molecule has 0 spiro atoms. The fourth-order valence-electron chi connectivity index (χ4n) is 2.69. The Hall–Kier alpha value is -1.30. The second kappa shape index (κ2) is 7.47.